The normalized spacial score (nSPS) is 18.1. The Labute approximate surface area is 75.5 Å². The molecule has 0 spiro atoms. The molecule has 1 aliphatic rings. The van der Waals surface area contributed by atoms with Crippen molar-refractivity contribution in [3.8, 4) is 11.8 Å². The lowest BCUT2D eigenvalue weighted by atomic mass is 10.1. The van der Waals surface area contributed by atoms with E-state index in [0.717, 1.165) is 12.1 Å². The van der Waals surface area contributed by atoms with Crippen molar-refractivity contribution >= 4 is 0 Å². The van der Waals surface area contributed by atoms with E-state index in [4.69, 9.17) is 0 Å². The van der Waals surface area contributed by atoms with Gasteiger partial charge in [0.15, 0.2) is 0 Å². The molecule has 1 nitrogen and oxygen atoms in total. The van der Waals surface area contributed by atoms with Crippen LogP contribution in [0.4, 0.5) is 0 Å². The number of allylic oxidation sites excluding steroid dienone is 1. The zero-order valence-electron chi connectivity index (χ0n) is 7.95. The van der Waals surface area contributed by atoms with Gasteiger partial charge in [-0.25, -0.2) is 0 Å². The quantitative estimate of drug-likeness (QED) is 0.542. The maximum atomic E-state index is 3.75. The number of quaternary nitrogens is 1. The fraction of sp³-hybridized carbons (Fsp3) is 0.636. The van der Waals surface area contributed by atoms with Crippen molar-refractivity contribution in [2.75, 3.05) is 19.6 Å². The van der Waals surface area contributed by atoms with Crippen LogP contribution in [-0.2, 0) is 0 Å². The van der Waals surface area contributed by atoms with Crippen molar-refractivity contribution in [1.82, 2.24) is 0 Å². The second kappa shape index (κ2) is 5.00. The first kappa shape index (κ1) is 9.35. The molecular weight excluding hydrogens is 146 g/mol. The summed E-state index contributed by atoms with van der Waals surface area (Å²) in [6.45, 7) is 9.34. The fourth-order valence-corrected chi connectivity index (χ4v) is 1.55. The number of nitrogens with one attached hydrogen (secondary N) is 1. The fourth-order valence-electron chi connectivity index (χ4n) is 1.55. The molecule has 1 saturated heterocycles. The number of likely N-dealkylation sites (tertiary alicyclic amines) is 1. The van der Waals surface area contributed by atoms with Crippen molar-refractivity contribution in [3.63, 3.8) is 0 Å². The summed E-state index contributed by atoms with van der Waals surface area (Å²) < 4.78 is 0. The standard InChI is InChI=1S/C11H17N/c1-11(2)7-6-10-12-8-4-3-5-9-12/h1,3-5,8-10H2,2H3/p+1. The van der Waals surface area contributed by atoms with Crippen molar-refractivity contribution in [1.29, 1.82) is 0 Å². The van der Waals surface area contributed by atoms with E-state index in [-0.39, 0.29) is 0 Å². The van der Waals surface area contributed by atoms with Gasteiger partial charge in [0.05, 0.1) is 13.1 Å². The molecule has 0 amide bonds. The summed E-state index contributed by atoms with van der Waals surface area (Å²) in [6, 6.07) is 0. The van der Waals surface area contributed by atoms with Gasteiger partial charge in [0.2, 0.25) is 0 Å². The van der Waals surface area contributed by atoms with Crippen LogP contribution in [0, 0.1) is 11.8 Å². The molecule has 1 N–H and O–H groups in total. The molecule has 0 atom stereocenters. The maximum Gasteiger partial charge on any atom is 0.139 e. The van der Waals surface area contributed by atoms with Gasteiger partial charge in [-0.3, -0.25) is 0 Å². The van der Waals surface area contributed by atoms with Crippen molar-refractivity contribution < 1.29 is 4.90 Å². The minimum absolute atomic E-state index is 0.978. The molecule has 12 heavy (non-hydrogen) atoms. The van der Waals surface area contributed by atoms with Crippen molar-refractivity contribution in [2.45, 2.75) is 26.2 Å². The van der Waals surface area contributed by atoms with E-state index in [1.165, 1.54) is 32.4 Å². The number of piperidine rings is 1. The van der Waals surface area contributed by atoms with E-state index in [1.54, 1.807) is 4.90 Å². The van der Waals surface area contributed by atoms with Gasteiger partial charge >= 0.3 is 0 Å². The van der Waals surface area contributed by atoms with E-state index in [9.17, 15) is 0 Å². The minimum Gasteiger partial charge on any atom is -0.325 e. The van der Waals surface area contributed by atoms with Crippen LogP contribution in [0.25, 0.3) is 0 Å². The van der Waals surface area contributed by atoms with Gasteiger partial charge in [0.25, 0.3) is 0 Å². The average molecular weight is 164 g/mol. The first-order chi connectivity index (χ1) is 5.79. The summed E-state index contributed by atoms with van der Waals surface area (Å²) in [5.41, 5.74) is 0.978. The summed E-state index contributed by atoms with van der Waals surface area (Å²) in [4.78, 5) is 1.65. The molecule has 1 fully saturated rings. The second-order valence-corrected chi connectivity index (χ2v) is 3.57. The Morgan fingerprint density at radius 2 is 2.00 bits per heavy atom. The molecule has 0 aliphatic carbocycles. The third-order valence-electron chi connectivity index (χ3n) is 2.20. The topological polar surface area (TPSA) is 4.44 Å². The molecule has 0 unspecified atom stereocenters. The van der Waals surface area contributed by atoms with Crippen LogP contribution in [0.5, 0.6) is 0 Å². The lowest BCUT2D eigenvalue weighted by Crippen LogP contribution is -3.12. The highest BCUT2D eigenvalue weighted by Gasteiger charge is 2.10. The lowest BCUT2D eigenvalue weighted by molar-refractivity contribution is -0.897. The van der Waals surface area contributed by atoms with E-state index in [2.05, 4.69) is 18.4 Å². The molecule has 66 valence electrons. The maximum absolute atomic E-state index is 3.75. The molecule has 1 heterocycles. The van der Waals surface area contributed by atoms with Crippen LogP contribution in [0.3, 0.4) is 0 Å². The van der Waals surface area contributed by atoms with Gasteiger partial charge < -0.3 is 4.90 Å². The molecule has 0 aromatic carbocycles. The highest BCUT2D eigenvalue weighted by molar-refractivity contribution is 5.22. The zero-order valence-corrected chi connectivity index (χ0v) is 7.95. The summed E-state index contributed by atoms with van der Waals surface area (Å²) >= 11 is 0. The van der Waals surface area contributed by atoms with Gasteiger partial charge in [-0.15, -0.1) is 0 Å². The summed E-state index contributed by atoms with van der Waals surface area (Å²) in [5.74, 6) is 6.20. The van der Waals surface area contributed by atoms with Crippen LogP contribution in [0.2, 0.25) is 0 Å². The largest absolute Gasteiger partial charge is 0.325 e. The summed E-state index contributed by atoms with van der Waals surface area (Å²) in [5, 5.41) is 0. The molecule has 1 aliphatic heterocycles. The minimum atomic E-state index is 0.978. The Kier molecular flexibility index (Phi) is 3.90. The van der Waals surface area contributed by atoms with Crippen LogP contribution in [0.15, 0.2) is 12.2 Å². The Balaban J connectivity index is 2.22. The lowest BCUT2D eigenvalue weighted by Gasteiger charge is -2.20. The first-order valence-corrected chi connectivity index (χ1v) is 4.77. The van der Waals surface area contributed by atoms with E-state index in [1.807, 2.05) is 6.92 Å². The molecule has 0 saturated carbocycles. The monoisotopic (exact) mass is 164 g/mol. The predicted molar refractivity (Wildman–Crippen MR) is 52.0 cm³/mol. The summed E-state index contributed by atoms with van der Waals surface area (Å²) in [7, 11) is 0. The van der Waals surface area contributed by atoms with Gasteiger partial charge in [0, 0.05) is 0 Å². The Bertz CT molecular complexity index is 201. The highest BCUT2D eigenvalue weighted by Crippen LogP contribution is 1.93. The van der Waals surface area contributed by atoms with Crippen LogP contribution < -0.4 is 4.90 Å². The van der Waals surface area contributed by atoms with Gasteiger partial charge in [0.1, 0.15) is 6.54 Å². The molecule has 0 radical (unpaired) electrons. The van der Waals surface area contributed by atoms with E-state index < -0.39 is 0 Å². The van der Waals surface area contributed by atoms with Gasteiger partial charge in [-0.1, -0.05) is 12.5 Å². The number of hydrogen-bond acceptors (Lipinski definition) is 0. The third kappa shape index (κ3) is 3.59. The molecule has 0 aromatic heterocycles. The third-order valence-corrected chi connectivity index (χ3v) is 2.20. The average Bonchev–Trinajstić information content (AvgIpc) is 2.05. The molecule has 0 bridgehead atoms. The second-order valence-electron chi connectivity index (χ2n) is 3.57. The first-order valence-electron chi connectivity index (χ1n) is 4.77. The van der Waals surface area contributed by atoms with Crippen molar-refractivity contribution in [3.05, 3.63) is 12.2 Å². The van der Waals surface area contributed by atoms with Crippen LogP contribution in [0.1, 0.15) is 26.2 Å². The molecule has 1 heteroatoms. The van der Waals surface area contributed by atoms with Crippen LogP contribution in [-0.4, -0.2) is 19.6 Å². The Morgan fingerprint density at radius 1 is 1.33 bits per heavy atom. The smallest absolute Gasteiger partial charge is 0.139 e. The van der Waals surface area contributed by atoms with Crippen molar-refractivity contribution in [2.24, 2.45) is 0 Å². The molecule has 0 aromatic rings. The number of rotatable bonds is 1. The SMILES string of the molecule is C=C(C)C#CC[NH+]1CCCCC1. The van der Waals surface area contributed by atoms with Crippen LogP contribution >= 0.6 is 0 Å². The van der Waals surface area contributed by atoms with E-state index in [0.29, 0.717) is 0 Å². The predicted octanol–water partition coefficient (Wildman–Crippen LogP) is 0.635. The highest BCUT2D eigenvalue weighted by atomic mass is 15.1. The van der Waals surface area contributed by atoms with Gasteiger partial charge in [-0.2, -0.15) is 0 Å². The van der Waals surface area contributed by atoms with Gasteiger partial charge in [-0.05, 0) is 37.7 Å². The molecule has 1 rings (SSSR count). The zero-order chi connectivity index (χ0) is 8.81. The number of hydrogen-bond donors (Lipinski definition) is 1. The Hall–Kier alpha value is -0.740. The summed E-state index contributed by atoms with van der Waals surface area (Å²) in [6.07, 6.45) is 4.17. The molecular formula is C11H18N+. The Morgan fingerprint density at radius 3 is 2.58 bits per heavy atom. The van der Waals surface area contributed by atoms with E-state index >= 15 is 0 Å².